The number of ether oxygens (including phenoxy) is 1. The van der Waals surface area contributed by atoms with Gasteiger partial charge in [0.25, 0.3) is 0 Å². The normalized spacial score (nSPS) is 20.9. The lowest BCUT2D eigenvalue weighted by Crippen LogP contribution is -2.48. The maximum absolute atomic E-state index is 12.4. The SMILES string of the molecule is CCc1ccccc1CNC(=O)N1CC[C@H](C(=O)OC)[C@H](C)C1. The zero-order valence-corrected chi connectivity index (χ0v) is 14.2. The van der Waals surface area contributed by atoms with Gasteiger partial charge in [0.15, 0.2) is 0 Å². The molecule has 2 atom stereocenters. The van der Waals surface area contributed by atoms with Gasteiger partial charge in [-0.05, 0) is 29.9 Å². The number of piperidine rings is 1. The number of rotatable bonds is 4. The van der Waals surface area contributed by atoms with Crippen LogP contribution >= 0.6 is 0 Å². The molecule has 0 spiro atoms. The van der Waals surface area contributed by atoms with Gasteiger partial charge in [0.2, 0.25) is 0 Å². The number of urea groups is 1. The zero-order chi connectivity index (χ0) is 16.8. The van der Waals surface area contributed by atoms with Crippen LogP contribution in [0.3, 0.4) is 0 Å². The van der Waals surface area contributed by atoms with E-state index in [0.29, 0.717) is 26.1 Å². The van der Waals surface area contributed by atoms with Gasteiger partial charge in [-0.15, -0.1) is 0 Å². The molecule has 1 aliphatic heterocycles. The fourth-order valence-electron chi connectivity index (χ4n) is 3.19. The van der Waals surface area contributed by atoms with Crippen molar-refractivity contribution >= 4 is 12.0 Å². The number of hydrogen-bond donors (Lipinski definition) is 1. The van der Waals surface area contributed by atoms with Crippen LogP contribution < -0.4 is 5.32 Å². The lowest BCUT2D eigenvalue weighted by molar-refractivity contribution is -0.148. The molecule has 1 saturated heterocycles. The summed E-state index contributed by atoms with van der Waals surface area (Å²) in [5.41, 5.74) is 2.41. The fourth-order valence-corrected chi connectivity index (χ4v) is 3.19. The molecule has 1 aromatic carbocycles. The van der Waals surface area contributed by atoms with Gasteiger partial charge >= 0.3 is 12.0 Å². The van der Waals surface area contributed by atoms with Crippen molar-refractivity contribution in [3.8, 4) is 0 Å². The number of esters is 1. The first-order valence-corrected chi connectivity index (χ1v) is 8.24. The van der Waals surface area contributed by atoms with Crippen molar-refractivity contribution in [3.63, 3.8) is 0 Å². The van der Waals surface area contributed by atoms with Crippen LogP contribution in [0.5, 0.6) is 0 Å². The van der Waals surface area contributed by atoms with E-state index in [9.17, 15) is 9.59 Å². The summed E-state index contributed by atoms with van der Waals surface area (Å²) in [6.07, 6.45) is 1.61. The number of carbonyl (C=O) groups excluding carboxylic acids is 2. The van der Waals surface area contributed by atoms with E-state index in [1.165, 1.54) is 12.7 Å². The molecule has 23 heavy (non-hydrogen) atoms. The molecule has 1 aliphatic rings. The highest BCUT2D eigenvalue weighted by atomic mass is 16.5. The van der Waals surface area contributed by atoms with Crippen molar-refractivity contribution in [1.29, 1.82) is 0 Å². The third kappa shape index (κ3) is 4.24. The summed E-state index contributed by atoms with van der Waals surface area (Å²) < 4.78 is 4.83. The number of nitrogens with zero attached hydrogens (tertiary/aromatic N) is 1. The average molecular weight is 318 g/mol. The highest BCUT2D eigenvalue weighted by molar-refractivity contribution is 5.76. The van der Waals surface area contributed by atoms with Crippen LogP contribution in [0.25, 0.3) is 0 Å². The number of hydrogen-bond acceptors (Lipinski definition) is 3. The lowest BCUT2D eigenvalue weighted by atomic mass is 9.87. The molecule has 1 heterocycles. The third-order valence-corrected chi connectivity index (χ3v) is 4.63. The Morgan fingerprint density at radius 2 is 2.00 bits per heavy atom. The van der Waals surface area contributed by atoms with Crippen molar-refractivity contribution in [1.82, 2.24) is 10.2 Å². The Bertz CT molecular complexity index is 559. The second kappa shape index (κ2) is 7.99. The highest BCUT2D eigenvalue weighted by Crippen LogP contribution is 2.24. The smallest absolute Gasteiger partial charge is 0.317 e. The largest absolute Gasteiger partial charge is 0.469 e. The first-order chi connectivity index (χ1) is 11.1. The predicted molar refractivity (Wildman–Crippen MR) is 88.9 cm³/mol. The Labute approximate surface area is 138 Å². The van der Waals surface area contributed by atoms with Gasteiger partial charge in [-0.2, -0.15) is 0 Å². The Hall–Kier alpha value is -2.04. The second-order valence-corrected chi connectivity index (χ2v) is 6.12. The minimum atomic E-state index is -0.172. The summed E-state index contributed by atoms with van der Waals surface area (Å²) in [5.74, 6) is -0.163. The van der Waals surface area contributed by atoms with Crippen molar-refractivity contribution in [2.24, 2.45) is 11.8 Å². The molecule has 0 saturated carbocycles. The molecule has 1 N–H and O–H groups in total. The molecule has 0 aromatic heterocycles. The first kappa shape index (κ1) is 17.3. The molecular weight excluding hydrogens is 292 g/mol. The molecule has 0 aliphatic carbocycles. The topological polar surface area (TPSA) is 58.6 Å². The van der Waals surface area contributed by atoms with Gasteiger partial charge < -0.3 is 15.0 Å². The standard InChI is InChI=1S/C18H26N2O3/c1-4-14-7-5-6-8-15(14)11-19-18(22)20-10-9-16(13(2)12-20)17(21)23-3/h5-8,13,16H,4,9-12H2,1-3H3,(H,19,22)/t13-,16+/m1/s1. The van der Waals surface area contributed by atoms with Crippen molar-refractivity contribution in [2.45, 2.75) is 33.2 Å². The van der Waals surface area contributed by atoms with E-state index in [1.54, 1.807) is 4.90 Å². The Kier molecular flexibility index (Phi) is 6.02. The van der Waals surface area contributed by atoms with Gasteiger partial charge in [0.05, 0.1) is 13.0 Å². The van der Waals surface area contributed by atoms with E-state index in [0.717, 1.165) is 12.0 Å². The minimum Gasteiger partial charge on any atom is -0.469 e. The first-order valence-electron chi connectivity index (χ1n) is 8.24. The Morgan fingerprint density at radius 3 is 2.61 bits per heavy atom. The molecule has 126 valence electrons. The molecule has 1 aromatic rings. The van der Waals surface area contributed by atoms with E-state index in [4.69, 9.17) is 4.74 Å². The summed E-state index contributed by atoms with van der Waals surface area (Å²) >= 11 is 0. The quantitative estimate of drug-likeness (QED) is 0.868. The van der Waals surface area contributed by atoms with Crippen LogP contribution in [0.4, 0.5) is 4.79 Å². The van der Waals surface area contributed by atoms with Gasteiger partial charge in [0.1, 0.15) is 0 Å². The number of benzene rings is 1. The lowest BCUT2D eigenvalue weighted by Gasteiger charge is -2.35. The van der Waals surface area contributed by atoms with Gasteiger partial charge in [-0.25, -0.2) is 4.79 Å². The van der Waals surface area contributed by atoms with Crippen LogP contribution in [0.1, 0.15) is 31.4 Å². The minimum absolute atomic E-state index is 0.0638. The van der Waals surface area contributed by atoms with E-state index >= 15 is 0 Å². The summed E-state index contributed by atoms with van der Waals surface area (Å²) in [7, 11) is 1.42. The van der Waals surface area contributed by atoms with Crippen LogP contribution in [-0.4, -0.2) is 37.1 Å². The second-order valence-electron chi connectivity index (χ2n) is 6.12. The third-order valence-electron chi connectivity index (χ3n) is 4.63. The number of aryl methyl sites for hydroxylation is 1. The molecule has 2 amide bonds. The average Bonchev–Trinajstić information content (AvgIpc) is 2.59. The number of likely N-dealkylation sites (tertiary alicyclic amines) is 1. The molecule has 2 rings (SSSR count). The van der Waals surface area contributed by atoms with E-state index in [2.05, 4.69) is 18.3 Å². The van der Waals surface area contributed by atoms with Gasteiger partial charge in [-0.1, -0.05) is 38.1 Å². The summed E-state index contributed by atoms with van der Waals surface area (Å²) in [6.45, 7) is 5.81. The maximum Gasteiger partial charge on any atom is 0.317 e. The Morgan fingerprint density at radius 1 is 1.30 bits per heavy atom. The Balaban J connectivity index is 1.89. The number of nitrogens with one attached hydrogen (secondary N) is 1. The van der Waals surface area contributed by atoms with E-state index in [-0.39, 0.29) is 23.8 Å². The summed E-state index contributed by atoms with van der Waals surface area (Å²) in [6, 6.07) is 8.08. The molecule has 5 heteroatoms. The van der Waals surface area contributed by atoms with E-state index < -0.39 is 0 Å². The number of carbonyl (C=O) groups is 2. The molecule has 1 fully saturated rings. The number of methoxy groups -OCH3 is 1. The monoisotopic (exact) mass is 318 g/mol. The van der Waals surface area contributed by atoms with Gasteiger partial charge in [-0.3, -0.25) is 4.79 Å². The van der Waals surface area contributed by atoms with Crippen molar-refractivity contribution < 1.29 is 14.3 Å². The van der Waals surface area contributed by atoms with Gasteiger partial charge in [0, 0.05) is 19.6 Å². The van der Waals surface area contributed by atoms with Crippen LogP contribution in [0, 0.1) is 11.8 Å². The molecule has 5 nitrogen and oxygen atoms in total. The molecule has 0 unspecified atom stereocenters. The number of amides is 2. The van der Waals surface area contributed by atoms with Crippen molar-refractivity contribution in [2.75, 3.05) is 20.2 Å². The van der Waals surface area contributed by atoms with Crippen molar-refractivity contribution in [3.05, 3.63) is 35.4 Å². The fraction of sp³-hybridized carbons (Fsp3) is 0.556. The summed E-state index contributed by atoms with van der Waals surface area (Å²) in [4.78, 5) is 25.8. The van der Waals surface area contributed by atoms with E-state index in [1.807, 2.05) is 25.1 Å². The maximum atomic E-state index is 12.4. The molecule has 0 bridgehead atoms. The molecule has 0 radical (unpaired) electrons. The molecular formula is C18H26N2O3. The predicted octanol–water partition coefficient (Wildman–Crippen LogP) is 2.59. The summed E-state index contributed by atoms with van der Waals surface area (Å²) in [5, 5.41) is 2.99. The van der Waals surface area contributed by atoms with Crippen LogP contribution in [-0.2, 0) is 22.5 Å². The van der Waals surface area contributed by atoms with Crippen LogP contribution in [0.15, 0.2) is 24.3 Å². The van der Waals surface area contributed by atoms with Crippen LogP contribution in [0.2, 0.25) is 0 Å². The highest BCUT2D eigenvalue weighted by Gasteiger charge is 2.33. The zero-order valence-electron chi connectivity index (χ0n) is 14.2.